The van der Waals surface area contributed by atoms with Crippen LogP contribution in [0.2, 0.25) is 5.02 Å². The van der Waals surface area contributed by atoms with E-state index in [1.54, 1.807) is 54.6 Å². The first-order valence-corrected chi connectivity index (χ1v) is 18.8. The van der Waals surface area contributed by atoms with Crippen LogP contribution in [-0.4, -0.2) is 57.1 Å². The molecule has 4 rings (SSSR count). The van der Waals surface area contributed by atoms with Crippen LogP contribution in [0.15, 0.2) is 113 Å². The molecule has 1 atom stereocenters. The van der Waals surface area contributed by atoms with Crippen molar-refractivity contribution in [1.29, 1.82) is 0 Å². The van der Waals surface area contributed by atoms with Crippen molar-refractivity contribution >= 4 is 50.9 Å². The van der Waals surface area contributed by atoms with Gasteiger partial charge in [0.1, 0.15) is 18.3 Å². The minimum absolute atomic E-state index is 0.0333. The Balaban J connectivity index is 1.80. The molecule has 2 amide bonds. The van der Waals surface area contributed by atoms with Crippen LogP contribution in [0.4, 0.5) is 5.69 Å². The molecule has 0 aliphatic rings. The summed E-state index contributed by atoms with van der Waals surface area (Å²) in [6.45, 7) is 6.19. The van der Waals surface area contributed by atoms with Crippen LogP contribution < -0.4 is 14.4 Å². The van der Waals surface area contributed by atoms with E-state index in [-0.39, 0.29) is 35.4 Å². The van der Waals surface area contributed by atoms with E-state index in [1.165, 1.54) is 28.8 Å². The number of hydrogen-bond donors (Lipinski definition) is 1. The van der Waals surface area contributed by atoms with Crippen LogP contribution in [0.3, 0.4) is 0 Å². The predicted octanol–water partition coefficient (Wildman–Crippen LogP) is 7.07. The number of ether oxygens (including phenoxy) is 1. The van der Waals surface area contributed by atoms with Crippen molar-refractivity contribution in [1.82, 2.24) is 10.2 Å². The average molecular weight is 708 g/mol. The standard InChI is InChI=1S/C37H42ClN3O5S2/c1-5-46-32-16-14-31(15-17-32)41(48(44,45)34-20-18-33(47-4)19-21-34)26-36(42)40(25-29-12-9-13-30(38)22-29)35(37(43)39-24-27(2)3)23-28-10-7-6-8-11-28/h6-22,27,35H,5,23-26H2,1-4H3,(H,39,43). The van der Waals surface area contributed by atoms with Gasteiger partial charge in [0, 0.05) is 29.4 Å². The molecule has 0 saturated carbocycles. The van der Waals surface area contributed by atoms with Gasteiger partial charge in [0.05, 0.1) is 17.2 Å². The summed E-state index contributed by atoms with van der Waals surface area (Å²) in [5.41, 5.74) is 1.84. The van der Waals surface area contributed by atoms with Gasteiger partial charge < -0.3 is 15.0 Å². The maximum absolute atomic E-state index is 14.6. The zero-order valence-corrected chi connectivity index (χ0v) is 30.0. The van der Waals surface area contributed by atoms with Crippen LogP contribution in [0, 0.1) is 5.92 Å². The lowest BCUT2D eigenvalue weighted by atomic mass is 10.0. The smallest absolute Gasteiger partial charge is 0.264 e. The van der Waals surface area contributed by atoms with Crippen LogP contribution in [-0.2, 0) is 32.6 Å². The molecule has 0 radical (unpaired) electrons. The van der Waals surface area contributed by atoms with Crippen molar-refractivity contribution < 1.29 is 22.7 Å². The summed E-state index contributed by atoms with van der Waals surface area (Å²) in [4.78, 5) is 30.9. The van der Waals surface area contributed by atoms with Gasteiger partial charge >= 0.3 is 0 Å². The van der Waals surface area contributed by atoms with Crippen molar-refractivity contribution in [3.63, 3.8) is 0 Å². The Labute approximate surface area is 293 Å². The first kappa shape index (κ1) is 36.8. The predicted molar refractivity (Wildman–Crippen MR) is 194 cm³/mol. The summed E-state index contributed by atoms with van der Waals surface area (Å²) < 4.78 is 35.3. The molecule has 8 nitrogen and oxygen atoms in total. The van der Waals surface area contributed by atoms with Gasteiger partial charge in [0.25, 0.3) is 10.0 Å². The van der Waals surface area contributed by atoms with Gasteiger partial charge in [-0.1, -0.05) is 67.9 Å². The van der Waals surface area contributed by atoms with Gasteiger partial charge in [-0.05, 0) is 90.9 Å². The van der Waals surface area contributed by atoms with E-state index in [9.17, 15) is 18.0 Å². The molecule has 4 aromatic carbocycles. The fourth-order valence-electron chi connectivity index (χ4n) is 5.09. The Bertz CT molecular complexity index is 1750. The maximum Gasteiger partial charge on any atom is 0.264 e. The van der Waals surface area contributed by atoms with E-state index >= 15 is 0 Å². The third kappa shape index (κ3) is 10.0. The number of anilines is 1. The molecule has 0 saturated heterocycles. The molecule has 11 heteroatoms. The van der Waals surface area contributed by atoms with E-state index in [0.717, 1.165) is 14.8 Å². The van der Waals surface area contributed by atoms with Crippen LogP contribution in [0.1, 0.15) is 31.9 Å². The highest BCUT2D eigenvalue weighted by atomic mass is 35.5. The summed E-state index contributed by atoms with van der Waals surface area (Å²) in [6, 6.07) is 28.7. The Morgan fingerprint density at radius 3 is 2.17 bits per heavy atom. The number of benzene rings is 4. The SMILES string of the molecule is CCOc1ccc(N(CC(=O)N(Cc2cccc(Cl)c2)C(Cc2ccccc2)C(=O)NCC(C)C)S(=O)(=O)c2ccc(SC)cc2)cc1. The lowest BCUT2D eigenvalue weighted by molar-refractivity contribution is -0.140. The number of nitrogens with one attached hydrogen (secondary N) is 1. The fraction of sp³-hybridized carbons (Fsp3) is 0.297. The van der Waals surface area contributed by atoms with Gasteiger partial charge in [-0.25, -0.2) is 8.42 Å². The van der Waals surface area contributed by atoms with E-state index < -0.39 is 28.5 Å². The summed E-state index contributed by atoms with van der Waals surface area (Å²) in [5.74, 6) is -0.123. The monoisotopic (exact) mass is 707 g/mol. The molecule has 0 aliphatic heterocycles. The summed E-state index contributed by atoms with van der Waals surface area (Å²) in [5, 5.41) is 3.48. The Hall–Kier alpha value is -3.99. The molecule has 4 aromatic rings. The third-order valence-corrected chi connectivity index (χ3v) is 10.3. The first-order chi connectivity index (χ1) is 23.0. The van der Waals surface area contributed by atoms with Crippen LogP contribution in [0.25, 0.3) is 0 Å². The van der Waals surface area contributed by atoms with Crippen molar-refractivity contribution in [3.8, 4) is 5.75 Å². The molecule has 0 fully saturated rings. The summed E-state index contributed by atoms with van der Waals surface area (Å²) in [7, 11) is -4.22. The number of carbonyl (C=O) groups excluding carboxylic acids is 2. The van der Waals surface area contributed by atoms with E-state index in [4.69, 9.17) is 16.3 Å². The van der Waals surface area contributed by atoms with Gasteiger partial charge in [-0.15, -0.1) is 11.8 Å². The molecular weight excluding hydrogens is 666 g/mol. The number of halogens is 1. The molecule has 0 heterocycles. The Morgan fingerprint density at radius 1 is 0.896 bits per heavy atom. The number of amides is 2. The van der Waals surface area contributed by atoms with Gasteiger partial charge in [0.15, 0.2) is 0 Å². The fourth-order valence-corrected chi connectivity index (χ4v) is 7.12. The van der Waals surface area contributed by atoms with E-state index in [1.807, 2.05) is 63.4 Å². The van der Waals surface area contributed by atoms with Crippen molar-refractivity contribution in [2.24, 2.45) is 5.92 Å². The van der Waals surface area contributed by atoms with Gasteiger partial charge in [0.2, 0.25) is 11.8 Å². The summed E-state index contributed by atoms with van der Waals surface area (Å²) >= 11 is 7.83. The second kappa shape index (κ2) is 17.4. The Kier molecular flexibility index (Phi) is 13.4. The quantitative estimate of drug-likeness (QED) is 0.125. The zero-order chi connectivity index (χ0) is 34.7. The molecule has 1 N–H and O–H groups in total. The van der Waals surface area contributed by atoms with Crippen LogP contribution >= 0.6 is 23.4 Å². The molecular formula is C37H42ClN3O5S2. The normalized spacial score (nSPS) is 12.0. The highest BCUT2D eigenvalue weighted by molar-refractivity contribution is 7.98. The molecule has 1 unspecified atom stereocenters. The second-order valence-electron chi connectivity index (χ2n) is 11.6. The van der Waals surface area contributed by atoms with E-state index in [0.29, 0.717) is 29.5 Å². The van der Waals surface area contributed by atoms with Crippen molar-refractivity contribution in [3.05, 3.63) is 119 Å². The molecule has 0 bridgehead atoms. The van der Waals surface area contributed by atoms with E-state index in [2.05, 4.69) is 5.32 Å². The average Bonchev–Trinajstić information content (AvgIpc) is 3.08. The highest BCUT2D eigenvalue weighted by Crippen LogP contribution is 2.28. The van der Waals surface area contributed by atoms with Crippen LogP contribution in [0.5, 0.6) is 5.75 Å². The molecule has 0 aliphatic carbocycles. The summed E-state index contributed by atoms with van der Waals surface area (Å²) in [6.07, 6.45) is 2.13. The Morgan fingerprint density at radius 2 is 1.56 bits per heavy atom. The van der Waals surface area contributed by atoms with Gasteiger partial charge in [-0.3, -0.25) is 13.9 Å². The molecule has 254 valence electrons. The molecule has 0 aromatic heterocycles. The second-order valence-corrected chi connectivity index (χ2v) is 14.8. The van der Waals surface area contributed by atoms with Gasteiger partial charge in [-0.2, -0.15) is 0 Å². The minimum atomic E-state index is -4.22. The largest absolute Gasteiger partial charge is 0.494 e. The zero-order valence-electron chi connectivity index (χ0n) is 27.6. The lowest BCUT2D eigenvalue weighted by Gasteiger charge is -2.34. The number of rotatable bonds is 16. The topological polar surface area (TPSA) is 96.0 Å². The van der Waals surface area contributed by atoms with Crippen molar-refractivity contribution in [2.45, 2.75) is 49.6 Å². The molecule has 0 spiro atoms. The molecule has 48 heavy (non-hydrogen) atoms. The number of sulfonamides is 1. The highest BCUT2D eigenvalue weighted by Gasteiger charge is 2.34. The lowest BCUT2D eigenvalue weighted by Crippen LogP contribution is -2.53. The number of nitrogens with zero attached hydrogens (tertiary/aromatic N) is 2. The van der Waals surface area contributed by atoms with Crippen molar-refractivity contribution in [2.75, 3.05) is 30.3 Å². The number of thioether (sulfide) groups is 1. The number of hydrogen-bond acceptors (Lipinski definition) is 6. The number of carbonyl (C=O) groups is 2. The third-order valence-electron chi connectivity index (χ3n) is 7.56. The minimum Gasteiger partial charge on any atom is -0.494 e. The first-order valence-electron chi connectivity index (χ1n) is 15.8. The maximum atomic E-state index is 14.6.